The van der Waals surface area contributed by atoms with E-state index < -0.39 is 11.6 Å². The largest absolute Gasteiger partial charge is 0.336 e. The van der Waals surface area contributed by atoms with Crippen LogP contribution in [0.1, 0.15) is 16.1 Å². The highest BCUT2D eigenvalue weighted by Gasteiger charge is 2.17. The summed E-state index contributed by atoms with van der Waals surface area (Å²) in [6.45, 7) is -0.0543. The summed E-state index contributed by atoms with van der Waals surface area (Å²) in [6, 6.07) is 7.33. The second-order valence-electron chi connectivity index (χ2n) is 5.71. The highest BCUT2D eigenvalue weighted by atomic mass is 19.2. The fourth-order valence-corrected chi connectivity index (χ4v) is 2.49. The molecular weight excluding hydrogens is 326 g/mol. The highest BCUT2D eigenvalue weighted by molar-refractivity contribution is 5.93. The van der Waals surface area contributed by atoms with Crippen LogP contribution in [0.25, 0.3) is 11.1 Å². The molecular formula is C18H16F2N4O. The van der Waals surface area contributed by atoms with Crippen LogP contribution in [-0.4, -0.2) is 32.6 Å². The standard InChI is InChI=1S/C18H16F2N4O/c1-23(10-13-4-3-5-15(19)17(13)20)18(25)16-8-12(6-7-21-16)14-9-22-24(2)11-14/h3-9,11H,10H2,1-2H3. The summed E-state index contributed by atoms with van der Waals surface area (Å²) in [5.41, 5.74) is 1.99. The average Bonchev–Trinajstić information content (AvgIpc) is 3.05. The summed E-state index contributed by atoms with van der Waals surface area (Å²) in [6.07, 6.45) is 5.05. The average molecular weight is 342 g/mol. The van der Waals surface area contributed by atoms with Crippen LogP contribution in [0.15, 0.2) is 48.9 Å². The molecule has 2 heterocycles. The smallest absolute Gasteiger partial charge is 0.272 e. The molecule has 0 atom stereocenters. The third-order valence-electron chi connectivity index (χ3n) is 3.80. The molecule has 0 fully saturated rings. The number of carbonyl (C=O) groups excluding carboxylic acids is 1. The van der Waals surface area contributed by atoms with Crippen LogP contribution >= 0.6 is 0 Å². The van der Waals surface area contributed by atoms with E-state index in [1.54, 1.807) is 30.1 Å². The zero-order valence-corrected chi connectivity index (χ0v) is 13.8. The lowest BCUT2D eigenvalue weighted by atomic mass is 10.1. The first kappa shape index (κ1) is 16.8. The quantitative estimate of drug-likeness (QED) is 0.732. The number of carbonyl (C=O) groups is 1. The second kappa shape index (κ2) is 6.80. The first-order valence-electron chi connectivity index (χ1n) is 7.59. The Morgan fingerprint density at radius 2 is 2.04 bits per heavy atom. The van der Waals surface area contributed by atoms with Gasteiger partial charge in [0.15, 0.2) is 11.6 Å². The van der Waals surface area contributed by atoms with Crippen LogP contribution in [0.2, 0.25) is 0 Å². The number of pyridine rings is 1. The Kier molecular flexibility index (Phi) is 4.56. The number of hydrogen-bond donors (Lipinski definition) is 0. The number of halogens is 2. The maximum absolute atomic E-state index is 13.8. The summed E-state index contributed by atoms with van der Waals surface area (Å²) < 4.78 is 28.7. The van der Waals surface area contributed by atoms with E-state index in [2.05, 4.69) is 10.1 Å². The van der Waals surface area contributed by atoms with E-state index in [4.69, 9.17) is 0 Å². The van der Waals surface area contributed by atoms with Crippen LogP contribution in [-0.2, 0) is 13.6 Å². The van der Waals surface area contributed by atoms with Crippen molar-refractivity contribution in [3.8, 4) is 11.1 Å². The Labute approximate surface area is 143 Å². The lowest BCUT2D eigenvalue weighted by Crippen LogP contribution is -2.27. The van der Waals surface area contributed by atoms with Gasteiger partial charge in [-0.3, -0.25) is 14.5 Å². The van der Waals surface area contributed by atoms with Crippen molar-refractivity contribution in [1.82, 2.24) is 19.7 Å². The molecule has 0 aliphatic heterocycles. The minimum atomic E-state index is -0.945. The van der Waals surface area contributed by atoms with Crippen molar-refractivity contribution >= 4 is 5.91 Å². The van der Waals surface area contributed by atoms with Gasteiger partial charge < -0.3 is 4.90 Å². The van der Waals surface area contributed by atoms with Crippen LogP contribution in [0.4, 0.5) is 8.78 Å². The monoisotopic (exact) mass is 342 g/mol. The predicted molar refractivity (Wildman–Crippen MR) is 88.6 cm³/mol. The highest BCUT2D eigenvalue weighted by Crippen LogP contribution is 2.20. The molecule has 128 valence electrons. The normalized spacial score (nSPS) is 10.7. The fraction of sp³-hybridized carbons (Fsp3) is 0.167. The molecule has 0 saturated carbocycles. The molecule has 0 bridgehead atoms. The first-order chi connectivity index (χ1) is 12.0. The number of amides is 1. The summed E-state index contributed by atoms with van der Waals surface area (Å²) in [5, 5.41) is 4.10. The van der Waals surface area contributed by atoms with E-state index in [-0.39, 0.29) is 23.7 Å². The molecule has 0 radical (unpaired) electrons. The summed E-state index contributed by atoms with van der Waals surface area (Å²) >= 11 is 0. The van der Waals surface area contributed by atoms with Crippen molar-refractivity contribution in [2.24, 2.45) is 7.05 Å². The van der Waals surface area contributed by atoms with Crippen molar-refractivity contribution in [2.45, 2.75) is 6.54 Å². The van der Waals surface area contributed by atoms with Crippen molar-refractivity contribution in [3.63, 3.8) is 0 Å². The van der Waals surface area contributed by atoms with Crippen molar-refractivity contribution < 1.29 is 13.6 Å². The van der Waals surface area contributed by atoms with Crippen LogP contribution < -0.4 is 0 Å². The number of aryl methyl sites for hydroxylation is 1. The van der Waals surface area contributed by atoms with E-state index in [0.29, 0.717) is 0 Å². The van der Waals surface area contributed by atoms with Gasteiger partial charge in [0.25, 0.3) is 5.91 Å². The lowest BCUT2D eigenvalue weighted by Gasteiger charge is -2.17. The van der Waals surface area contributed by atoms with Gasteiger partial charge in [-0.25, -0.2) is 8.78 Å². The number of aromatic nitrogens is 3. The van der Waals surface area contributed by atoms with E-state index in [9.17, 15) is 13.6 Å². The van der Waals surface area contributed by atoms with Gasteiger partial charge in [-0.05, 0) is 23.8 Å². The van der Waals surface area contributed by atoms with Gasteiger partial charge in [-0.1, -0.05) is 12.1 Å². The zero-order valence-electron chi connectivity index (χ0n) is 13.8. The second-order valence-corrected chi connectivity index (χ2v) is 5.71. The summed E-state index contributed by atoms with van der Waals surface area (Å²) in [5.74, 6) is -2.26. The van der Waals surface area contributed by atoms with Gasteiger partial charge in [0.1, 0.15) is 5.69 Å². The molecule has 3 rings (SSSR count). The van der Waals surface area contributed by atoms with Gasteiger partial charge in [0.2, 0.25) is 0 Å². The Morgan fingerprint density at radius 1 is 1.24 bits per heavy atom. The first-order valence-corrected chi connectivity index (χ1v) is 7.59. The number of nitrogens with zero attached hydrogens (tertiary/aromatic N) is 4. The van der Waals surface area contributed by atoms with E-state index in [0.717, 1.165) is 17.2 Å². The van der Waals surface area contributed by atoms with Crippen molar-refractivity contribution in [1.29, 1.82) is 0 Å². The molecule has 1 amide bonds. The fourth-order valence-electron chi connectivity index (χ4n) is 2.49. The molecule has 0 unspecified atom stereocenters. The molecule has 3 aromatic rings. The van der Waals surface area contributed by atoms with Crippen LogP contribution in [0, 0.1) is 11.6 Å². The van der Waals surface area contributed by atoms with Gasteiger partial charge in [0.05, 0.1) is 6.20 Å². The minimum Gasteiger partial charge on any atom is -0.336 e. The summed E-state index contributed by atoms with van der Waals surface area (Å²) in [4.78, 5) is 17.9. The van der Waals surface area contributed by atoms with E-state index in [1.807, 2.05) is 6.20 Å². The molecule has 0 N–H and O–H groups in total. The molecule has 1 aromatic carbocycles. The molecule has 7 heteroatoms. The zero-order chi connectivity index (χ0) is 18.0. The van der Waals surface area contributed by atoms with Crippen LogP contribution in [0.3, 0.4) is 0 Å². The molecule has 0 aliphatic rings. The maximum Gasteiger partial charge on any atom is 0.272 e. The SMILES string of the molecule is CN(Cc1cccc(F)c1F)C(=O)c1cc(-c2cnn(C)c2)ccn1. The third kappa shape index (κ3) is 3.55. The molecule has 0 spiro atoms. The van der Waals surface area contributed by atoms with Gasteiger partial charge in [-0.15, -0.1) is 0 Å². The maximum atomic E-state index is 13.8. The lowest BCUT2D eigenvalue weighted by molar-refractivity contribution is 0.0777. The van der Waals surface area contributed by atoms with Gasteiger partial charge >= 0.3 is 0 Å². The van der Waals surface area contributed by atoms with Gasteiger partial charge in [-0.2, -0.15) is 5.10 Å². The number of rotatable bonds is 4. The molecule has 25 heavy (non-hydrogen) atoms. The molecule has 0 saturated heterocycles. The van der Waals surface area contributed by atoms with Crippen LogP contribution in [0.5, 0.6) is 0 Å². The van der Waals surface area contributed by atoms with Crippen molar-refractivity contribution in [3.05, 3.63) is 71.8 Å². The van der Waals surface area contributed by atoms with Crippen molar-refractivity contribution in [2.75, 3.05) is 7.05 Å². The summed E-state index contributed by atoms with van der Waals surface area (Å²) in [7, 11) is 3.32. The van der Waals surface area contributed by atoms with E-state index >= 15 is 0 Å². The number of hydrogen-bond acceptors (Lipinski definition) is 3. The molecule has 5 nitrogen and oxygen atoms in total. The number of benzene rings is 1. The Bertz CT molecular complexity index is 923. The Hall–Kier alpha value is -3.09. The Balaban J connectivity index is 1.81. The molecule has 2 aromatic heterocycles. The Morgan fingerprint density at radius 3 is 2.76 bits per heavy atom. The minimum absolute atomic E-state index is 0.0543. The predicted octanol–water partition coefficient (Wildman–Crippen LogP) is 3.03. The topological polar surface area (TPSA) is 51.0 Å². The van der Waals surface area contributed by atoms with E-state index in [1.165, 1.54) is 30.3 Å². The van der Waals surface area contributed by atoms with Gasteiger partial charge in [0, 0.05) is 44.2 Å². The third-order valence-corrected chi connectivity index (χ3v) is 3.80. The molecule has 0 aliphatic carbocycles.